The second kappa shape index (κ2) is 5.49. The fourth-order valence-corrected chi connectivity index (χ4v) is 1.53. The largest absolute Gasteiger partial charge is 0.395 e. The minimum absolute atomic E-state index is 0.148. The predicted octanol–water partition coefficient (Wildman–Crippen LogP) is 2.23. The molecule has 0 amide bonds. The van der Waals surface area contributed by atoms with Gasteiger partial charge in [-0.05, 0) is 31.0 Å². The Morgan fingerprint density at radius 2 is 2.21 bits per heavy atom. The smallest absolute Gasteiger partial charge is 0.0582 e. The molecule has 0 aliphatic rings. The molecule has 0 aromatic heterocycles. The number of halogens is 1. The van der Waals surface area contributed by atoms with Crippen molar-refractivity contribution in [2.24, 2.45) is 0 Å². The summed E-state index contributed by atoms with van der Waals surface area (Å²) < 4.78 is 1.13. The third-order valence-corrected chi connectivity index (χ3v) is 3.02. The van der Waals surface area contributed by atoms with Gasteiger partial charge in [-0.15, -0.1) is 0 Å². The van der Waals surface area contributed by atoms with Gasteiger partial charge >= 0.3 is 0 Å². The highest BCUT2D eigenvalue weighted by molar-refractivity contribution is 9.10. The van der Waals surface area contributed by atoms with E-state index in [4.69, 9.17) is 5.11 Å². The van der Waals surface area contributed by atoms with Gasteiger partial charge in [0, 0.05) is 17.1 Å². The van der Waals surface area contributed by atoms with Crippen molar-refractivity contribution in [1.82, 2.24) is 5.32 Å². The SMILES string of the molecule is Cc1ccc(CN[C@H](C)CO)cc1Br. The molecule has 0 aliphatic heterocycles. The van der Waals surface area contributed by atoms with E-state index < -0.39 is 0 Å². The lowest BCUT2D eigenvalue weighted by Gasteiger charge is -2.11. The Bertz CT molecular complexity index is 301. The molecule has 0 bridgehead atoms. The van der Waals surface area contributed by atoms with E-state index in [2.05, 4.69) is 46.4 Å². The molecule has 1 atom stereocenters. The molecule has 0 fully saturated rings. The molecule has 0 aliphatic carbocycles. The van der Waals surface area contributed by atoms with E-state index in [1.54, 1.807) is 0 Å². The van der Waals surface area contributed by atoms with Gasteiger partial charge in [0.2, 0.25) is 0 Å². The maximum absolute atomic E-state index is 8.84. The van der Waals surface area contributed by atoms with Crippen molar-refractivity contribution < 1.29 is 5.11 Å². The quantitative estimate of drug-likeness (QED) is 0.868. The number of aliphatic hydroxyl groups excluding tert-OH is 1. The normalized spacial score (nSPS) is 12.9. The molecule has 2 N–H and O–H groups in total. The molecule has 0 spiro atoms. The van der Waals surface area contributed by atoms with Crippen LogP contribution >= 0.6 is 15.9 Å². The Balaban J connectivity index is 2.55. The van der Waals surface area contributed by atoms with E-state index in [1.165, 1.54) is 11.1 Å². The first kappa shape index (κ1) is 11.7. The second-order valence-corrected chi connectivity index (χ2v) is 4.40. The molecular weight excluding hydrogens is 242 g/mol. The van der Waals surface area contributed by atoms with Crippen molar-refractivity contribution in [2.75, 3.05) is 6.61 Å². The molecule has 0 saturated carbocycles. The second-order valence-electron chi connectivity index (χ2n) is 3.55. The number of benzene rings is 1. The molecule has 2 nitrogen and oxygen atoms in total. The van der Waals surface area contributed by atoms with Crippen LogP contribution < -0.4 is 5.32 Å². The molecule has 3 heteroatoms. The van der Waals surface area contributed by atoms with Gasteiger partial charge in [0.1, 0.15) is 0 Å². The lowest BCUT2D eigenvalue weighted by atomic mass is 10.1. The Labute approximate surface area is 93.5 Å². The summed E-state index contributed by atoms with van der Waals surface area (Å²) in [5.41, 5.74) is 2.46. The van der Waals surface area contributed by atoms with Gasteiger partial charge in [-0.2, -0.15) is 0 Å². The van der Waals surface area contributed by atoms with Gasteiger partial charge < -0.3 is 10.4 Å². The summed E-state index contributed by atoms with van der Waals surface area (Å²) in [5.74, 6) is 0. The van der Waals surface area contributed by atoms with Crippen LogP contribution in [0, 0.1) is 6.92 Å². The maximum atomic E-state index is 8.84. The molecule has 0 radical (unpaired) electrons. The van der Waals surface area contributed by atoms with E-state index in [0.29, 0.717) is 0 Å². The third kappa shape index (κ3) is 3.40. The standard InChI is InChI=1S/C11H16BrNO/c1-8-3-4-10(5-11(8)12)6-13-9(2)7-14/h3-5,9,13-14H,6-7H2,1-2H3/t9-/m1/s1. The van der Waals surface area contributed by atoms with Crippen molar-refractivity contribution in [3.63, 3.8) is 0 Å². The van der Waals surface area contributed by atoms with Crippen molar-refractivity contribution in [2.45, 2.75) is 26.4 Å². The molecular formula is C11H16BrNO. The first-order chi connectivity index (χ1) is 6.63. The van der Waals surface area contributed by atoms with E-state index in [0.717, 1.165) is 11.0 Å². The summed E-state index contributed by atoms with van der Waals surface area (Å²) in [5, 5.41) is 12.1. The van der Waals surface area contributed by atoms with Crippen molar-refractivity contribution in [3.05, 3.63) is 33.8 Å². The zero-order chi connectivity index (χ0) is 10.6. The number of aryl methyl sites for hydroxylation is 1. The first-order valence-corrected chi connectivity index (χ1v) is 5.52. The number of nitrogens with one attached hydrogen (secondary N) is 1. The van der Waals surface area contributed by atoms with Crippen molar-refractivity contribution in [1.29, 1.82) is 0 Å². The monoisotopic (exact) mass is 257 g/mol. The highest BCUT2D eigenvalue weighted by atomic mass is 79.9. The van der Waals surface area contributed by atoms with Crippen LogP contribution in [-0.2, 0) is 6.54 Å². The summed E-state index contributed by atoms with van der Waals surface area (Å²) in [6, 6.07) is 6.43. The van der Waals surface area contributed by atoms with E-state index in [9.17, 15) is 0 Å². The fraction of sp³-hybridized carbons (Fsp3) is 0.455. The van der Waals surface area contributed by atoms with Crippen LogP contribution in [0.5, 0.6) is 0 Å². The van der Waals surface area contributed by atoms with Crippen LogP contribution in [0.2, 0.25) is 0 Å². The lowest BCUT2D eigenvalue weighted by Crippen LogP contribution is -2.28. The van der Waals surface area contributed by atoms with Gasteiger partial charge in [0.15, 0.2) is 0 Å². The molecule has 14 heavy (non-hydrogen) atoms. The van der Waals surface area contributed by atoms with E-state index in [-0.39, 0.29) is 12.6 Å². The van der Waals surface area contributed by atoms with Crippen molar-refractivity contribution in [3.8, 4) is 0 Å². The van der Waals surface area contributed by atoms with Gasteiger partial charge in [-0.3, -0.25) is 0 Å². The predicted molar refractivity (Wildman–Crippen MR) is 62.3 cm³/mol. The van der Waals surface area contributed by atoms with Crippen LogP contribution in [0.3, 0.4) is 0 Å². The average molecular weight is 258 g/mol. The van der Waals surface area contributed by atoms with Crippen LogP contribution in [0.1, 0.15) is 18.1 Å². The summed E-state index contributed by atoms with van der Waals surface area (Å²) in [4.78, 5) is 0. The minimum Gasteiger partial charge on any atom is -0.395 e. The van der Waals surface area contributed by atoms with Gasteiger partial charge in [-0.25, -0.2) is 0 Å². The topological polar surface area (TPSA) is 32.3 Å². The zero-order valence-electron chi connectivity index (χ0n) is 8.55. The highest BCUT2D eigenvalue weighted by Gasteiger charge is 2.00. The van der Waals surface area contributed by atoms with Gasteiger partial charge in [0.05, 0.1) is 6.61 Å². The summed E-state index contributed by atoms with van der Waals surface area (Å²) in [7, 11) is 0. The first-order valence-electron chi connectivity index (χ1n) is 4.72. The Morgan fingerprint density at radius 1 is 1.50 bits per heavy atom. The summed E-state index contributed by atoms with van der Waals surface area (Å²) in [6.45, 7) is 4.99. The number of aliphatic hydroxyl groups is 1. The van der Waals surface area contributed by atoms with Crippen LogP contribution in [0.25, 0.3) is 0 Å². The van der Waals surface area contributed by atoms with Crippen molar-refractivity contribution >= 4 is 15.9 Å². The molecule has 0 saturated heterocycles. The zero-order valence-corrected chi connectivity index (χ0v) is 10.1. The van der Waals surface area contributed by atoms with Crippen LogP contribution in [0.4, 0.5) is 0 Å². The number of hydrogen-bond donors (Lipinski definition) is 2. The summed E-state index contributed by atoms with van der Waals surface area (Å²) in [6.07, 6.45) is 0. The average Bonchev–Trinajstić information content (AvgIpc) is 2.19. The third-order valence-electron chi connectivity index (χ3n) is 2.16. The fourth-order valence-electron chi connectivity index (χ4n) is 1.10. The Hall–Kier alpha value is -0.380. The Kier molecular flexibility index (Phi) is 4.58. The van der Waals surface area contributed by atoms with Gasteiger partial charge in [-0.1, -0.05) is 28.1 Å². The maximum Gasteiger partial charge on any atom is 0.0582 e. The van der Waals surface area contributed by atoms with E-state index >= 15 is 0 Å². The molecule has 1 aromatic rings. The lowest BCUT2D eigenvalue weighted by molar-refractivity contribution is 0.251. The molecule has 0 unspecified atom stereocenters. The number of hydrogen-bond acceptors (Lipinski definition) is 2. The summed E-state index contributed by atoms with van der Waals surface area (Å²) >= 11 is 3.49. The van der Waals surface area contributed by atoms with Crippen LogP contribution in [0.15, 0.2) is 22.7 Å². The van der Waals surface area contributed by atoms with E-state index in [1.807, 2.05) is 6.92 Å². The number of rotatable bonds is 4. The Morgan fingerprint density at radius 3 is 2.79 bits per heavy atom. The molecule has 0 heterocycles. The minimum atomic E-state index is 0.148. The molecule has 1 aromatic carbocycles. The highest BCUT2D eigenvalue weighted by Crippen LogP contribution is 2.17. The van der Waals surface area contributed by atoms with Gasteiger partial charge in [0.25, 0.3) is 0 Å². The van der Waals surface area contributed by atoms with Crippen LogP contribution in [-0.4, -0.2) is 17.8 Å². The molecule has 1 rings (SSSR count). The molecule has 78 valence electrons.